The van der Waals surface area contributed by atoms with Gasteiger partial charge in [0.15, 0.2) is 0 Å². The van der Waals surface area contributed by atoms with E-state index in [4.69, 9.17) is 17.5 Å². The number of nitriles is 1. The summed E-state index contributed by atoms with van der Waals surface area (Å²) in [7, 11) is 0. The van der Waals surface area contributed by atoms with Crippen molar-refractivity contribution in [3.8, 4) is 6.07 Å². The van der Waals surface area contributed by atoms with Gasteiger partial charge in [0.1, 0.15) is 4.32 Å². The van der Waals surface area contributed by atoms with Crippen molar-refractivity contribution in [1.29, 1.82) is 5.26 Å². The van der Waals surface area contributed by atoms with Crippen molar-refractivity contribution in [2.75, 3.05) is 13.1 Å². The molecule has 1 saturated heterocycles. The average Bonchev–Trinajstić information content (AvgIpc) is 2.26. The van der Waals surface area contributed by atoms with Gasteiger partial charge in [-0.1, -0.05) is 30.6 Å². The minimum atomic E-state index is 0.536. The van der Waals surface area contributed by atoms with Gasteiger partial charge in [0.05, 0.1) is 12.5 Å². The molecule has 1 fully saturated rings. The molecule has 4 heteroatoms. The van der Waals surface area contributed by atoms with Gasteiger partial charge < -0.3 is 4.90 Å². The largest absolute Gasteiger partial charge is 0.351 e. The highest BCUT2D eigenvalue weighted by molar-refractivity contribution is 8.25. The van der Waals surface area contributed by atoms with Gasteiger partial charge >= 0.3 is 0 Å². The van der Waals surface area contributed by atoms with Crippen LogP contribution in [0, 0.1) is 11.3 Å². The van der Waals surface area contributed by atoms with Gasteiger partial charge in [-0.25, -0.2) is 0 Å². The summed E-state index contributed by atoms with van der Waals surface area (Å²) in [5.41, 5.74) is 0. The molecule has 1 aliphatic rings. The number of thiocarbonyl (C=S) groups is 1. The minimum Gasteiger partial charge on any atom is -0.351 e. The molecule has 0 spiro atoms. The summed E-state index contributed by atoms with van der Waals surface area (Å²) in [6.45, 7) is 5.36. The third-order valence-electron chi connectivity index (χ3n) is 1.35. The SMILES string of the molecule is C=C1CN(CCC#N)C(=S)S1. The quantitative estimate of drug-likeness (QED) is 0.611. The number of rotatable bonds is 2. The van der Waals surface area contributed by atoms with Crippen LogP contribution in [0.5, 0.6) is 0 Å². The molecule has 0 N–H and O–H groups in total. The van der Waals surface area contributed by atoms with Crippen LogP contribution in [-0.2, 0) is 0 Å². The Bertz CT molecular complexity index is 229. The Morgan fingerprint density at radius 1 is 1.82 bits per heavy atom. The van der Waals surface area contributed by atoms with Gasteiger partial charge in [-0.3, -0.25) is 0 Å². The van der Waals surface area contributed by atoms with Crippen molar-refractivity contribution in [3.63, 3.8) is 0 Å². The van der Waals surface area contributed by atoms with Crippen LogP contribution in [0.25, 0.3) is 0 Å². The fourth-order valence-corrected chi connectivity index (χ4v) is 2.11. The standard InChI is InChI=1S/C7H8N2S2/c1-6-5-9(4-2-3-8)7(10)11-6/h1-2,4-5H2. The molecule has 58 valence electrons. The predicted molar refractivity (Wildman–Crippen MR) is 51.1 cm³/mol. The van der Waals surface area contributed by atoms with Crippen molar-refractivity contribution in [2.24, 2.45) is 0 Å². The molecule has 0 aromatic rings. The maximum atomic E-state index is 8.33. The van der Waals surface area contributed by atoms with E-state index in [2.05, 4.69) is 12.6 Å². The molecule has 0 atom stereocenters. The monoisotopic (exact) mass is 184 g/mol. The Labute approximate surface area is 75.9 Å². The summed E-state index contributed by atoms with van der Waals surface area (Å²) >= 11 is 6.58. The Kier molecular flexibility index (Phi) is 2.92. The van der Waals surface area contributed by atoms with Crippen molar-refractivity contribution in [2.45, 2.75) is 6.42 Å². The summed E-state index contributed by atoms with van der Waals surface area (Å²) in [6.07, 6.45) is 0.536. The zero-order chi connectivity index (χ0) is 8.27. The molecule has 0 aromatic heterocycles. The molecule has 0 unspecified atom stereocenters. The Morgan fingerprint density at radius 3 is 3.00 bits per heavy atom. The van der Waals surface area contributed by atoms with Crippen LogP contribution in [0.4, 0.5) is 0 Å². The van der Waals surface area contributed by atoms with E-state index >= 15 is 0 Å². The lowest BCUT2D eigenvalue weighted by Crippen LogP contribution is -2.23. The molecule has 0 aliphatic carbocycles. The molecule has 0 aromatic carbocycles. The summed E-state index contributed by atoms with van der Waals surface area (Å²) < 4.78 is 0.852. The number of hydrogen-bond donors (Lipinski definition) is 0. The third kappa shape index (κ3) is 2.21. The molecule has 0 bridgehead atoms. The number of hydrogen-bond acceptors (Lipinski definition) is 3. The Hall–Kier alpha value is -0.530. The second-order valence-electron chi connectivity index (χ2n) is 2.24. The van der Waals surface area contributed by atoms with Gasteiger partial charge in [-0.05, 0) is 0 Å². The van der Waals surface area contributed by atoms with Gasteiger partial charge in [0.2, 0.25) is 0 Å². The van der Waals surface area contributed by atoms with E-state index in [9.17, 15) is 0 Å². The van der Waals surface area contributed by atoms with Crippen LogP contribution in [0.2, 0.25) is 0 Å². The van der Waals surface area contributed by atoms with Gasteiger partial charge in [-0.15, -0.1) is 0 Å². The fraction of sp³-hybridized carbons (Fsp3) is 0.429. The first-order valence-corrected chi connectivity index (χ1v) is 4.48. The first-order valence-electron chi connectivity index (χ1n) is 3.25. The van der Waals surface area contributed by atoms with E-state index in [-0.39, 0.29) is 0 Å². The highest BCUT2D eigenvalue weighted by atomic mass is 32.2. The Morgan fingerprint density at radius 2 is 2.55 bits per heavy atom. The summed E-state index contributed by atoms with van der Waals surface area (Å²) in [6, 6.07) is 2.09. The molecule has 0 saturated carbocycles. The van der Waals surface area contributed by atoms with E-state index in [1.807, 2.05) is 4.90 Å². The second-order valence-corrected chi connectivity index (χ2v) is 4.05. The first-order chi connectivity index (χ1) is 5.24. The topological polar surface area (TPSA) is 27.0 Å². The zero-order valence-corrected chi connectivity index (χ0v) is 7.67. The van der Waals surface area contributed by atoms with E-state index in [1.165, 1.54) is 11.8 Å². The first kappa shape index (κ1) is 8.57. The van der Waals surface area contributed by atoms with Gasteiger partial charge in [-0.2, -0.15) is 5.26 Å². The zero-order valence-electron chi connectivity index (χ0n) is 6.04. The molecular weight excluding hydrogens is 176 g/mol. The van der Waals surface area contributed by atoms with E-state index in [0.717, 1.165) is 22.3 Å². The predicted octanol–water partition coefficient (Wildman–Crippen LogP) is 1.75. The lowest BCUT2D eigenvalue weighted by Gasteiger charge is -2.12. The summed E-state index contributed by atoms with van der Waals surface area (Å²) in [4.78, 5) is 3.08. The van der Waals surface area contributed by atoms with Crippen molar-refractivity contribution in [1.82, 2.24) is 4.90 Å². The van der Waals surface area contributed by atoms with Crippen LogP contribution in [-0.4, -0.2) is 22.3 Å². The number of thioether (sulfide) groups is 1. The molecule has 0 amide bonds. The average molecular weight is 184 g/mol. The normalized spacial score (nSPS) is 17.2. The smallest absolute Gasteiger partial charge is 0.141 e. The molecule has 11 heavy (non-hydrogen) atoms. The van der Waals surface area contributed by atoms with Crippen molar-refractivity contribution < 1.29 is 0 Å². The minimum absolute atomic E-state index is 0.536. The van der Waals surface area contributed by atoms with Crippen LogP contribution in [0.15, 0.2) is 11.5 Å². The molecule has 1 aliphatic heterocycles. The van der Waals surface area contributed by atoms with Crippen molar-refractivity contribution >= 4 is 28.3 Å². The summed E-state index contributed by atoms with van der Waals surface area (Å²) in [5, 5.41) is 8.33. The van der Waals surface area contributed by atoms with E-state index in [0.29, 0.717) is 6.42 Å². The highest BCUT2D eigenvalue weighted by Crippen LogP contribution is 2.27. The molecule has 2 nitrogen and oxygen atoms in total. The lowest BCUT2D eigenvalue weighted by molar-refractivity contribution is 0.493. The maximum absolute atomic E-state index is 8.33. The third-order valence-corrected chi connectivity index (χ3v) is 2.71. The molecular formula is C7H8N2S2. The van der Waals surface area contributed by atoms with Crippen LogP contribution in [0.1, 0.15) is 6.42 Å². The Balaban J connectivity index is 2.42. The van der Waals surface area contributed by atoms with Crippen molar-refractivity contribution in [3.05, 3.63) is 11.5 Å². The molecule has 0 radical (unpaired) electrons. The van der Waals surface area contributed by atoms with Crippen LogP contribution < -0.4 is 0 Å². The fourth-order valence-electron chi connectivity index (χ4n) is 0.853. The van der Waals surface area contributed by atoms with E-state index in [1.54, 1.807) is 0 Å². The van der Waals surface area contributed by atoms with Gasteiger partial charge in [0, 0.05) is 18.0 Å². The molecule has 1 rings (SSSR count). The second kappa shape index (κ2) is 3.74. The number of nitrogens with zero attached hydrogens (tertiary/aromatic N) is 2. The lowest BCUT2D eigenvalue weighted by atomic mass is 10.4. The highest BCUT2D eigenvalue weighted by Gasteiger charge is 2.19. The van der Waals surface area contributed by atoms with E-state index < -0.39 is 0 Å². The maximum Gasteiger partial charge on any atom is 0.141 e. The van der Waals surface area contributed by atoms with Crippen LogP contribution in [0.3, 0.4) is 0 Å². The summed E-state index contributed by atoms with van der Waals surface area (Å²) in [5.74, 6) is 0. The van der Waals surface area contributed by atoms with Gasteiger partial charge in [0.25, 0.3) is 0 Å². The van der Waals surface area contributed by atoms with Crippen LogP contribution >= 0.6 is 24.0 Å². The molecule has 1 heterocycles.